The molecule has 134 valence electrons. The Kier molecular flexibility index (Phi) is 5.80. The number of halogens is 1. The maximum absolute atomic E-state index is 12.1. The second-order valence-corrected chi connectivity index (χ2v) is 5.78. The van der Waals surface area contributed by atoms with Crippen molar-refractivity contribution in [1.82, 2.24) is 15.1 Å². The molecule has 0 aliphatic carbocycles. The van der Waals surface area contributed by atoms with Gasteiger partial charge < -0.3 is 14.6 Å². The highest BCUT2D eigenvalue weighted by Crippen LogP contribution is 2.27. The van der Waals surface area contributed by atoms with Crippen LogP contribution in [-0.2, 0) is 11.2 Å². The lowest BCUT2D eigenvalue weighted by Gasteiger charge is -2.08. The fourth-order valence-corrected chi connectivity index (χ4v) is 2.50. The first-order valence-corrected chi connectivity index (χ1v) is 8.48. The third kappa shape index (κ3) is 4.58. The van der Waals surface area contributed by atoms with E-state index in [2.05, 4.69) is 20.4 Å². The van der Waals surface area contributed by atoms with Crippen molar-refractivity contribution in [3.05, 3.63) is 53.6 Å². The third-order valence-electron chi connectivity index (χ3n) is 3.49. The molecule has 1 aromatic carbocycles. The minimum atomic E-state index is -0.172. The molecule has 3 rings (SSSR count). The lowest BCUT2D eigenvalue weighted by atomic mass is 10.2. The van der Waals surface area contributed by atoms with E-state index in [-0.39, 0.29) is 12.3 Å². The van der Waals surface area contributed by atoms with Crippen LogP contribution in [0.25, 0.3) is 11.4 Å². The molecule has 0 unspecified atom stereocenters. The number of aromatic nitrogens is 3. The molecule has 26 heavy (non-hydrogen) atoms. The highest BCUT2D eigenvalue weighted by molar-refractivity contribution is 6.32. The van der Waals surface area contributed by atoms with Crippen molar-refractivity contribution in [3.8, 4) is 17.1 Å². The number of ether oxygens (including phenoxy) is 1. The van der Waals surface area contributed by atoms with Gasteiger partial charge in [0.15, 0.2) is 0 Å². The summed E-state index contributed by atoms with van der Waals surface area (Å²) < 4.78 is 10.5. The van der Waals surface area contributed by atoms with Gasteiger partial charge in [-0.2, -0.15) is 4.98 Å². The number of pyridine rings is 1. The van der Waals surface area contributed by atoms with Crippen LogP contribution in [0.2, 0.25) is 5.02 Å². The van der Waals surface area contributed by atoms with Crippen molar-refractivity contribution < 1.29 is 14.1 Å². The average molecular weight is 373 g/mol. The second-order valence-electron chi connectivity index (χ2n) is 5.37. The number of carbonyl (C=O) groups excluding carboxylic acids is 1. The number of aryl methyl sites for hydroxylation is 1. The normalized spacial score (nSPS) is 10.5. The molecular weight excluding hydrogens is 356 g/mol. The topological polar surface area (TPSA) is 90.1 Å². The number of hydrogen-bond donors (Lipinski definition) is 1. The SMILES string of the molecule is CCOc1ccc(NC(=O)CCc2nc(-c3ccncc3)no2)cc1Cl. The zero-order chi connectivity index (χ0) is 18.4. The predicted octanol–water partition coefficient (Wildman–Crippen LogP) is 3.76. The lowest BCUT2D eigenvalue weighted by molar-refractivity contribution is -0.116. The zero-order valence-electron chi connectivity index (χ0n) is 14.1. The van der Waals surface area contributed by atoms with Crippen LogP contribution in [0.4, 0.5) is 5.69 Å². The molecule has 3 aromatic rings. The van der Waals surface area contributed by atoms with Gasteiger partial charge in [-0.05, 0) is 37.3 Å². The molecule has 1 N–H and O–H groups in total. The summed E-state index contributed by atoms with van der Waals surface area (Å²) in [6.07, 6.45) is 3.86. The van der Waals surface area contributed by atoms with E-state index in [1.165, 1.54) is 0 Å². The highest BCUT2D eigenvalue weighted by atomic mass is 35.5. The minimum Gasteiger partial charge on any atom is -0.492 e. The van der Waals surface area contributed by atoms with Gasteiger partial charge in [-0.25, -0.2) is 0 Å². The second kappa shape index (κ2) is 8.44. The number of rotatable bonds is 7. The van der Waals surface area contributed by atoms with Gasteiger partial charge in [-0.15, -0.1) is 0 Å². The lowest BCUT2D eigenvalue weighted by Crippen LogP contribution is -2.12. The fourth-order valence-electron chi connectivity index (χ4n) is 2.27. The molecule has 0 aliphatic rings. The van der Waals surface area contributed by atoms with Gasteiger partial charge in [-0.3, -0.25) is 9.78 Å². The molecule has 2 aromatic heterocycles. The van der Waals surface area contributed by atoms with E-state index < -0.39 is 0 Å². The standard InChI is InChI=1S/C18H17ClN4O3/c1-2-25-15-4-3-13(11-14(15)19)21-16(24)5-6-17-22-18(23-26-17)12-7-9-20-10-8-12/h3-4,7-11H,2,5-6H2,1H3,(H,21,24). The molecule has 0 fully saturated rings. The van der Waals surface area contributed by atoms with Gasteiger partial charge in [0.1, 0.15) is 5.75 Å². The van der Waals surface area contributed by atoms with E-state index in [1.54, 1.807) is 42.7 Å². The molecule has 8 heteroatoms. The number of benzene rings is 1. The maximum Gasteiger partial charge on any atom is 0.227 e. The van der Waals surface area contributed by atoms with Crippen molar-refractivity contribution >= 4 is 23.2 Å². The predicted molar refractivity (Wildman–Crippen MR) is 97.1 cm³/mol. The van der Waals surface area contributed by atoms with Gasteiger partial charge >= 0.3 is 0 Å². The van der Waals surface area contributed by atoms with Crippen LogP contribution in [0.15, 0.2) is 47.2 Å². The summed E-state index contributed by atoms with van der Waals surface area (Å²) >= 11 is 6.11. The van der Waals surface area contributed by atoms with Crippen molar-refractivity contribution in [2.45, 2.75) is 19.8 Å². The van der Waals surface area contributed by atoms with Gasteiger partial charge in [0, 0.05) is 36.5 Å². The largest absolute Gasteiger partial charge is 0.492 e. The summed E-state index contributed by atoms with van der Waals surface area (Å²) in [4.78, 5) is 20.3. The number of nitrogens with zero attached hydrogens (tertiary/aromatic N) is 3. The molecule has 2 heterocycles. The van der Waals surface area contributed by atoms with Gasteiger partial charge in [0.05, 0.1) is 11.6 Å². The first-order chi connectivity index (χ1) is 12.7. The number of carbonyl (C=O) groups is 1. The Morgan fingerprint density at radius 2 is 2.08 bits per heavy atom. The van der Waals surface area contributed by atoms with E-state index in [0.717, 1.165) is 5.56 Å². The quantitative estimate of drug-likeness (QED) is 0.679. The molecule has 0 saturated carbocycles. The van der Waals surface area contributed by atoms with E-state index in [0.29, 0.717) is 41.2 Å². The summed E-state index contributed by atoms with van der Waals surface area (Å²) in [6, 6.07) is 8.69. The van der Waals surface area contributed by atoms with Crippen molar-refractivity contribution in [2.24, 2.45) is 0 Å². The maximum atomic E-state index is 12.1. The molecule has 0 atom stereocenters. The Balaban J connectivity index is 1.55. The van der Waals surface area contributed by atoms with Crippen LogP contribution in [0, 0.1) is 0 Å². The first kappa shape index (κ1) is 17.9. The van der Waals surface area contributed by atoms with E-state index in [4.69, 9.17) is 20.9 Å². The number of amides is 1. The van der Waals surface area contributed by atoms with Crippen LogP contribution in [0.5, 0.6) is 5.75 Å². The summed E-state index contributed by atoms with van der Waals surface area (Å²) in [5.74, 6) is 1.29. The monoisotopic (exact) mass is 372 g/mol. The molecule has 0 aliphatic heterocycles. The molecule has 0 saturated heterocycles. The Morgan fingerprint density at radius 3 is 2.81 bits per heavy atom. The Labute approximate surface area is 155 Å². The summed E-state index contributed by atoms with van der Waals surface area (Å²) in [6.45, 7) is 2.40. The van der Waals surface area contributed by atoms with Crippen molar-refractivity contribution in [1.29, 1.82) is 0 Å². The minimum absolute atomic E-state index is 0.172. The van der Waals surface area contributed by atoms with Crippen molar-refractivity contribution in [3.63, 3.8) is 0 Å². The molecule has 0 spiro atoms. The summed E-state index contributed by atoms with van der Waals surface area (Å²) in [7, 11) is 0. The zero-order valence-corrected chi connectivity index (χ0v) is 14.9. The van der Waals surface area contributed by atoms with Gasteiger partial charge in [-0.1, -0.05) is 16.8 Å². The Hall–Kier alpha value is -2.93. The van der Waals surface area contributed by atoms with Crippen LogP contribution < -0.4 is 10.1 Å². The van der Waals surface area contributed by atoms with E-state index in [1.807, 2.05) is 6.92 Å². The summed E-state index contributed by atoms with van der Waals surface area (Å²) in [5, 5.41) is 7.14. The molecule has 1 amide bonds. The fraction of sp³-hybridized carbons (Fsp3) is 0.222. The molecule has 7 nitrogen and oxygen atoms in total. The first-order valence-electron chi connectivity index (χ1n) is 8.11. The summed E-state index contributed by atoms with van der Waals surface area (Å²) in [5.41, 5.74) is 1.41. The van der Waals surface area contributed by atoms with Crippen LogP contribution >= 0.6 is 11.6 Å². The average Bonchev–Trinajstić information content (AvgIpc) is 3.12. The van der Waals surface area contributed by atoms with E-state index in [9.17, 15) is 4.79 Å². The Morgan fingerprint density at radius 1 is 1.27 bits per heavy atom. The van der Waals surface area contributed by atoms with Gasteiger partial charge in [0.25, 0.3) is 0 Å². The smallest absolute Gasteiger partial charge is 0.227 e. The third-order valence-corrected chi connectivity index (χ3v) is 3.78. The van der Waals surface area contributed by atoms with Crippen molar-refractivity contribution in [2.75, 3.05) is 11.9 Å². The number of anilines is 1. The van der Waals surface area contributed by atoms with Gasteiger partial charge in [0.2, 0.25) is 17.6 Å². The number of hydrogen-bond acceptors (Lipinski definition) is 6. The van der Waals surface area contributed by atoms with Crippen LogP contribution in [-0.4, -0.2) is 27.6 Å². The van der Waals surface area contributed by atoms with Crippen LogP contribution in [0.3, 0.4) is 0 Å². The Bertz CT molecular complexity index is 883. The molecule has 0 radical (unpaired) electrons. The highest BCUT2D eigenvalue weighted by Gasteiger charge is 2.11. The molecule has 0 bridgehead atoms. The van der Waals surface area contributed by atoms with Crippen LogP contribution in [0.1, 0.15) is 19.2 Å². The van der Waals surface area contributed by atoms with E-state index >= 15 is 0 Å². The molecular formula is C18H17ClN4O3. The number of nitrogens with one attached hydrogen (secondary N) is 1.